The Kier molecular flexibility index (Phi) is 5.50. The Bertz CT molecular complexity index is 464. The lowest BCUT2D eigenvalue weighted by atomic mass is 10.4. The summed E-state index contributed by atoms with van der Waals surface area (Å²) in [6.45, 7) is 2.88. The number of aliphatic carboxylic acids is 1. The highest BCUT2D eigenvalue weighted by atomic mass is 16.5. The van der Waals surface area contributed by atoms with Gasteiger partial charge in [-0.2, -0.15) is 4.98 Å². The van der Waals surface area contributed by atoms with Crippen LogP contribution in [0.1, 0.15) is 12.2 Å². The van der Waals surface area contributed by atoms with Crippen molar-refractivity contribution in [3.05, 3.63) is 12.2 Å². The monoisotopic (exact) mass is 297 g/mol. The summed E-state index contributed by atoms with van der Waals surface area (Å²) in [6.07, 6.45) is 2.54. The predicted octanol–water partition coefficient (Wildman–Crippen LogP) is -0.586. The summed E-state index contributed by atoms with van der Waals surface area (Å²) in [4.78, 5) is 30.1. The first-order valence-corrected chi connectivity index (χ1v) is 6.87. The molecule has 0 spiro atoms. The van der Waals surface area contributed by atoms with E-state index in [1.54, 1.807) is 4.90 Å². The summed E-state index contributed by atoms with van der Waals surface area (Å²) in [5.41, 5.74) is 0. The van der Waals surface area contributed by atoms with Gasteiger partial charge in [0.2, 0.25) is 6.39 Å². The van der Waals surface area contributed by atoms with Crippen LogP contribution in [0.4, 0.5) is 4.79 Å². The molecule has 1 aromatic heterocycles. The van der Waals surface area contributed by atoms with E-state index in [1.165, 1.54) is 6.39 Å². The fourth-order valence-corrected chi connectivity index (χ4v) is 2.22. The number of carbonyl (C=O) groups excluding carboxylic acids is 1. The third-order valence-corrected chi connectivity index (χ3v) is 3.27. The molecular formula is C12H19N5O4. The molecule has 1 aliphatic heterocycles. The van der Waals surface area contributed by atoms with Crippen molar-refractivity contribution in [3.8, 4) is 0 Å². The number of aromatic nitrogens is 2. The number of amides is 2. The largest absolute Gasteiger partial charge is 0.480 e. The smallest absolute Gasteiger partial charge is 0.317 e. The number of carboxylic acids is 1. The van der Waals surface area contributed by atoms with Gasteiger partial charge in [-0.15, -0.1) is 0 Å². The van der Waals surface area contributed by atoms with E-state index in [4.69, 9.17) is 5.11 Å². The maximum absolute atomic E-state index is 12.0. The molecule has 9 heteroatoms. The molecule has 2 heterocycles. The molecule has 0 saturated carbocycles. The lowest BCUT2D eigenvalue weighted by Crippen LogP contribution is -2.43. The maximum atomic E-state index is 12.0. The minimum absolute atomic E-state index is 0.0211. The van der Waals surface area contributed by atoms with Gasteiger partial charge in [0.25, 0.3) is 0 Å². The molecular weight excluding hydrogens is 278 g/mol. The first-order chi connectivity index (χ1) is 10.1. The molecule has 0 bridgehead atoms. The van der Waals surface area contributed by atoms with Crippen molar-refractivity contribution in [2.45, 2.75) is 12.8 Å². The highest BCUT2D eigenvalue weighted by Crippen LogP contribution is 2.03. The van der Waals surface area contributed by atoms with Crippen LogP contribution >= 0.6 is 0 Å². The Hall–Kier alpha value is -2.16. The molecule has 116 valence electrons. The SMILES string of the molecule is O=C(O)CN1CCCN(C(=O)NCCc2ncon2)CC1. The third kappa shape index (κ3) is 5.03. The van der Waals surface area contributed by atoms with Crippen LogP contribution in [0.5, 0.6) is 0 Å². The molecule has 0 atom stereocenters. The Balaban J connectivity index is 1.71. The Labute approximate surface area is 121 Å². The van der Waals surface area contributed by atoms with E-state index in [-0.39, 0.29) is 12.6 Å². The summed E-state index contributed by atoms with van der Waals surface area (Å²) in [6, 6.07) is -0.143. The van der Waals surface area contributed by atoms with Gasteiger partial charge >= 0.3 is 12.0 Å². The van der Waals surface area contributed by atoms with E-state index in [9.17, 15) is 9.59 Å². The quantitative estimate of drug-likeness (QED) is 0.747. The van der Waals surface area contributed by atoms with Crippen molar-refractivity contribution in [3.63, 3.8) is 0 Å². The molecule has 1 saturated heterocycles. The van der Waals surface area contributed by atoms with E-state index < -0.39 is 5.97 Å². The van der Waals surface area contributed by atoms with Crippen molar-refractivity contribution in [2.24, 2.45) is 0 Å². The zero-order chi connectivity index (χ0) is 15.1. The van der Waals surface area contributed by atoms with Crippen LogP contribution in [0.3, 0.4) is 0 Å². The van der Waals surface area contributed by atoms with Crippen LogP contribution in [0, 0.1) is 0 Å². The minimum Gasteiger partial charge on any atom is -0.480 e. The average Bonchev–Trinajstić information content (AvgIpc) is 2.84. The highest BCUT2D eigenvalue weighted by molar-refractivity contribution is 5.74. The van der Waals surface area contributed by atoms with Gasteiger partial charge in [0, 0.05) is 39.1 Å². The van der Waals surface area contributed by atoms with Gasteiger partial charge in [0.1, 0.15) is 0 Å². The number of nitrogens with zero attached hydrogens (tertiary/aromatic N) is 4. The molecule has 0 aliphatic carbocycles. The molecule has 1 aliphatic rings. The zero-order valence-electron chi connectivity index (χ0n) is 11.7. The summed E-state index contributed by atoms with van der Waals surface area (Å²) in [5, 5.41) is 15.3. The minimum atomic E-state index is -0.840. The molecule has 2 N–H and O–H groups in total. The standard InChI is InChI=1S/C12H19N5O4/c18-11(19)8-16-4-1-5-17(7-6-16)12(20)13-3-2-10-14-9-21-15-10/h9H,1-8H2,(H,13,20)(H,18,19). The van der Waals surface area contributed by atoms with Crippen LogP contribution in [0.2, 0.25) is 0 Å². The van der Waals surface area contributed by atoms with Crippen molar-refractivity contribution in [1.29, 1.82) is 0 Å². The molecule has 9 nitrogen and oxygen atoms in total. The van der Waals surface area contributed by atoms with Crippen LogP contribution < -0.4 is 5.32 Å². The van der Waals surface area contributed by atoms with Gasteiger partial charge in [-0.3, -0.25) is 9.69 Å². The molecule has 1 aromatic rings. The van der Waals surface area contributed by atoms with Gasteiger partial charge in [0.05, 0.1) is 6.54 Å². The summed E-state index contributed by atoms with van der Waals surface area (Å²) in [5.74, 6) is -0.285. The molecule has 2 amide bonds. The third-order valence-electron chi connectivity index (χ3n) is 3.27. The Morgan fingerprint density at radius 3 is 2.90 bits per heavy atom. The zero-order valence-corrected chi connectivity index (χ0v) is 11.7. The van der Waals surface area contributed by atoms with E-state index in [1.807, 2.05) is 4.90 Å². The summed E-state index contributed by atoms with van der Waals surface area (Å²) in [7, 11) is 0. The molecule has 0 radical (unpaired) electrons. The first-order valence-electron chi connectivity index (χ1n) is 6.87. The van der Waals surface area contributed by atoms with Crippen molar-refractivity contribution >= 4 is 12.0 Å². The van der Waals surface area contributed by atoms with Gasteiger partial charge in [-0.05, 0) is 6.42 Å². The molecule has 21 heavy (non-hydrogen) atoms. The number of carbonyl (C=O) groups is 2. The van der Waals surface area contributed by atoms with E-state index in [0.717, 1.165) is 6.42 Å². The van der Waals surface area contributed by atoms with E-state index >= 15 is 0 Å². The second kappa shape index (κ2) is 7.58. The number of urea groups is 1. The van der Waals surface area contributed by atoms with E-state index in [2.05, 4.69) is 20.0 Å². The maximum Gasteiger partial charge on any atom is 0.317 e. The predicted molar refractivity (Wildman–Crippen MR) is 71.7 cm³/mol. The van der Waals surface area contributed by atoms with Crippen molar-refractivity contribution in [1.82, 2.24) is 25.3 Å². The number of nitrogens with one attached hydrogen (secondary N) is 1. The molecule has 1 fully saturated rings. The molecule has 0 aromatic carbocycles. The van der Waals surface area contributed by atoms with Crippen LogP contribution in [0.15, 0.2) is 10.9 Å². The van der Waals surface area contributed by atoms with Gasteiger partial charge < -0.3 is 19.8 Å². The number of hydrogen-bond acceptors (Lipinski definition) is 6. The van der Waals surface area contributed by atoms with Crippen LogP contribution in [0.25, 0.3) is 0 Å². The Morgan fingerprint density at radius 2 is 2.19 bits per heavy atom. The first kappa shape index (κ1) is 15.2. The Morgan fingerprint density at radius 1 is 1.33 bits per heavy atom. The summed E-state index contributed by atoms with van der Waals surface area (Å²) < 4.78 is 4.61. The normalized spacial score (nSPS) is 16.5. The molecule has 0 unspecified atom stereocenters. The lowest BCUT2D eigenvalue weighted by Gasteiger charge is -2.21. The second-order valence-electron chi connectivity index (χ2n) is 4.84. The van der Waals surface area contributed by atoms with Crippen LogP contribution in [-0.2, 0) is 11.2 Å². The van der Waals surface area contributed by atoms with Crippen molar-refractivity contribution in [2.75, 3.05) is 39.3 Å². The second-order valence-corrected chi connectivity index (χ2v) is 4.84. The average molecular weight is 297 g/mol. The van der Waals surface area contributed by atoms with E-state index in [0.29, 0.717) is 45.0 Å². The van der Waals surface area contributed by atoms with Gasteiger partial charge in [0.15, 0.2) is 5.82 Å². The number of rotatable bonds is 5. The van der Waals surface area contributed by atoms with Gasteiger partial charge in [-0.25, -0.2) is 4.79 Å². The number of hydrogen-bond donors (Lipinski definition) is 2. The fraction of sp³-hybridized carbons (Fsp3) is 0.667. The van der Waals surface area contributed by atoms with Crippen molar-refractivity contribution < 1.29 is 19.2 Å². The number of carboxylic acid groups (broad SMARTS) is 1. The lowest BCUT2D eigenvalue weighted by molar-refractivity contribution is -0.138. The topological polar surface area (TPSA) is 112 Å². The fourth-order valence-electron chi connectivity index (χ4n) is 2.22. The highest BCUT2D eigenvalue weighted by Gasteiger charge is 2.19. The molecule has 2 rings (SSSR count). The van der Waals surface area contributed by atoms with Crippen LogP contribution in [-0.4, -0.2) is 76.3 Å². The van der Waals surface area contributed by atoms with Gasteiger partial charge in [-0.1, -0.05) is 5.16 Å². The summed E-state index contributed by atoms with van der Waals surface area (Å²) >= 11 is 0.